The van der Waals surface area contributed by atoms with E-state index in [1.807, 2.05) is 12.1 Å². The van der Waals surface area contributed by atoms with Gasteiger partial charge < -0.3 is 10.1 Å². The van der Waals surface area contributed by atoms with Gasteiger partial charge in [-0.25, -0.2) is 14.4 Å². The van der Waals surface area contributed by atoms with Crippen LogP contribution in [0.5, 0.6) is 5.75 Å². The maximum atomic E-state index is 13.9. The second-order valence-corrected chi connectivity index (χ2v) is 4.42. The Morgan fingerprint density at radius 1 is 1.35 bits per heavy atom. The molecule has 0 amide bonds. The molecule has 0 spiro atoms. The molecule has 0 fully saturated rings. The Morgan fingerprint density at radius 3 is 2.80 bits per heavy atom. The molecular weight excluding hydrogens is 257 g/mol. The lowest BCUT2D eigenvalue weighted by Gasteiger charge is -2.19. The fourth-order valence-corrected chi connectivity index (χ4v) is 2.02. The van der Waals surface area contributed by atoms with E-state index in [4.69, 9.17) is 4.74 Å². The number of rotatable bonds is 6. The molecule has 2 rings (SSSR count). The third-order valence-electron chi connectivity index (χ3n) is 3.01. The zero-order chi connectivity index (χ0) is 14.4. The average molecular weight is 275 g/mol. The Bertz CT molecular complexity index is 548. The van der Waals surface area contributed by atoms with Crippen LogP contribution in [0.4, 0.5) is 4.39 Å². The van der Waals surface area contributed by atoms with Gasteiger partial charge in [0.25, 0.3) is 0 Å². The van der Waals surface area contributed by atoms with Crippen LogP contribution >= 0.6 is 0 Å². The smallest absolute Gasteiger partial charge is 0.165 e. The fraction of sp³-hybridized carbons (Fsp3) is 0.333. The van der Waals surface area contributed by atoms with Crippen LogP contribution in [-0.4, -0.2) is 23.6 Å². The third-order valence-corrected chi connectivity index (χ3v) is 3.01. The van der Waals surface area contributed by atoms with Gasteiger partial charge in [-0.3, -0.25) is 0 Å². The van der Waals surface area contributed by atoms with Crippen LogP contribution in [0.1, 0.15) is 30.6 Å². The zero-order valence-electron chi connectivity index (χ0n) is 11.6. The van der Waals surface area contributed by atoms with Gasteiger partial charge in [-0.05, 0) is 36.7 Å². The van der Waals surface area contributed by atoms with Gasteiger partial charge in [0.1, 0.15) is 6.33 Å². The van der Waals surface area contributed by atoms with E-state index in [-0.39, 0.29) is 17.6 Å². The molecule has 1 heterocycles. The molecule has 1 unspecified atom stereocenters. The molecule has 106 valence electrons. The second kappa shape index (κ2) is 6.96. The molecule has 0 aliphatic heterocycles. The first-order chi connectivity index (χ1) is 9.76. The summed E-state index contributed by atoms with van der Waals surface area (Å²) in [5.41, 5.74) is 1.63. The molecule has 0 radical (unpaired) electrons. The number of hydrogen-bond acceptors (Lipinski definition) is 4. The van der Waals surface area contributed by atoms with Crippen molar-refractivity contribution in [3.05, 3.63) is 53.9 Å². The molecule has 2 aromatic rings. The topological polar surface area (TPSA) is 47.0 Å². The third kappa shape index (κ3) is 3.30. The number of ether oxygens (including phenoxy) is 1. The largest absolute Gasteiger partial charge is 0.494 e. The molecule has 1 N–H and O–H groups in total. The highest BCUT2D eigenvalue weighted by Gasteiger charge is 2.16. The minimum absolute atomic E-state index is 0.154. The molecule has 20 heavy (non-hydrogen) atoms. The van der Waals surface area contributed by atoms with Gasteiger partial charge in [-0.15, -0.1) is 0 Å². The molecule has 1 atom stereocenters. The van der Waals surface area contributed by atoms with Gasteiger partial charge in [0.05, 0.1) is 18.8 Å². The summed E-state index contributed by atoms with van der Waals surface area (Å²) in [6.07, 6.45) is 4.17. The Labute approximate surface area is 118 Å². The van der Waals surface area contributed by atoms with Crippen molar-refractivity contribution in [3.63, 3.8) is 0 Å². The predicted octanol–water partition coefficient (Wildman–Crippen LogP) is 2.71. The first-order valence-corrected chi connectivity index (χ1v) is 6.59. The normalized spacial score (nSPS) is 12.2. The van der Waals surface area contributed by atoms with E-state index in [0.717, 1.165) is 24.2 Å². The number of methoxy groups -OCH3 is 1. The Kier molecular flexibility index (Phi) is 5.01. The quantitative estimate of drug-likeness (QED) is 0.880. The van der Waals surface area contributed by atoms with Gasteiger partial charge in [-0.1, -0.05) is 13.0 Å². The highest BCUT2D eigenvalue weighted by Crippen LogP contribution is 2.25. The highest BCUT2D eigenvalue weighted by atomic mass is 19.1. The molecule has 1 aromatic heterocycles. The summed E-state index contributed by atoms with van der Waals surface area (Å²) in [4.78, 5) is 8.17. The van der Waals surface area contributed by atoms with Crippen molar-refractivity contribution in [2.75, 3.05) is 13.7 Å². The minimum atomic E-state index is -0.373. The highest BCUT2D eigenvalue weighted by molar-refractivity contribution is 5.34. The zero-order valence-corrected chi connectivity index (χ0v) is 11.6. The van der Waals surface area contributed by atoms with Crippen LogP contribution < -0.4 is 10.1 Å². The molecule has 4 nitrogen and oxygen atoms in total. The van der Waals surface area contributed by atoms with E-state index in [2.05, 4.69) is 22.2 Å². The monoisotopic (exact) mass is 275 g/mol. The van der Waals surface area contributed by atoms with Crippen LogP contribution in [0.3, 0.4) is 0 Å². The van der Waals surface area contributed by atoms with Crippen molar-refractivity contribution < 1.29 is 9.13 Å². The standard InChI is InChI=1S/C15H18FN3O/c1-3-7-18-15(13-6-8-17-10-19-13)11-4-5-14(20-2)12(16)9-11/h4-6,8-10,15,18H,3,7H2,1-2H3. The molecule has 1 aromatic carbocycles. The average Bonchev–Trinajstić information content (AvgIpc) is 2.49. The van der Waals surface area contributed by atoms with E-state index >= 15 is 0 Å². The summed E-state index contributed by atoms with van der Waals surface area (Å²) >= 11 is 0. The first-order valence-electron chi connectivity index (χ1n) is 6.59. The Hall–Kier alpha value is -2.01. The number of aromatic nitrogens is 2. The van der Waals surface area contributed by atoms with E-state index in [0.29, 0.717) is 0 Å². The summed E-state index contributed by atoms with van der Waals surface area (Å²) in [7, 11) is 1.45. The molecule has 5 heteroatoms. The first kappa shape index (κ1) is 14.4. The molecule has 0 saturated carbocycles. The summed E-state index contributed by atoms with van der Waals surface area (Å²) in [5.74, 6) is -0.131. The number of benzene rings is 1. The van der Waals surface area contributed by atoms with E-state index in [1.165, 1.54) is 19.5 Å². The van der Waals surface area contributed by atoms with Gasteiger partial charge >= 0.3 is 0 Å². The van der Waals surface area contributed by atoms with Crippen LogP contribution in [0.25, 0.3) is 0 Å². The van der Waals surface area contributed by atoms with Crippen LogP contribution in [0.15, 0.2) is 36.8 Å². The summed E-state index contributed by atoms with van der Waals surface area (Å²) in [5, 5.41) is 3.37. The molecule has 0 aliphatic rings. The second-order valence-electron chi connectivity index (χ2n) is 4.42. The van der Waals surface area contributed by atoms with Gasteiger partial charge in [0.2, 0.25) is 0 Å². The van der Waals surface area contributed by atoms with Crippen molar-refractivity contribution in [1.82, 2.24) is 15.3 Å². The molecular formula is C15H18FN3O. The van der Waals surface area contributed by atoms with Crippen molar-refractivity contribution in [2.45, 2.75) is 19.4 Å². The Morgan fingerprint density at radius 2 is 2.20 bits per heavy atom. The predicted molar refractivity (Wildman–Crippen MR) is 75.1 cm³/mol. The maximum absolute atomic E-state index is 13.9. The number of nitrogens with one attached hydrogen (secondary N) is 1. The van der Waals surface area contributed by atoms with Gasteiger partial charge in [0, 0.05) is 6.20 Å². The SMILES string of the molecule is CCCNC(c1ccc(OC)c(F)c1)c1ccncn1. The van der Waals surface area contributed by atoms with Crippen molar-refractivity contribution in [1.29, 1.82) is 0 Å². The summed E-state index contributed by atoms with van der Waals surface area (Å²) in [6.45, 7) is 2.90. The van der Waals surface area contributed by atoms with Crippen molar-refractivity contribution in [2.24, 2.45) is 0 Å². The van der Waals surface area contributed by atoms with Crippen LogP contribution in [0.2, 0.25) is 0 Å². The van der Waals surface area contributed by atoms with Crippen LogP contribution in [0, 0.1) is 5.82 Å². The number of nitrogens with zero attached hydrogens (tertiary/aromatic N) is 2. The van der Waals surface area contributed by atoms with E-state index < -0.39 is 0 Å². The van der Waals surface area contributed by atoms with E-state index in [9.17, 15) is 4.39 Å². The number of hydrogen-bond donors (Lipinski definition) is 1. The summed E-state index contributed by atoms with van der Waals surface area (Å²) in [6, 6.07) is 6.63. The minimum Gasteiger partial charge on any atom is -0.494 e. The lowest BCUT2D eigenvalue weighted by Crippen LogP contribution is -2.24. The Balaban J connectivity index is 2.33. The van der Waals surface area contributed by atoms with Crippen molar-refractivity contribution in [3.8, 4) is 5.75 Å². The van der Waals surface area contributed by atoms with Gasteiger partial charge in [-0.2, -0.15) is 0 Å². The maximum Gasteiger partial charge on any atom is 0.165 e. The van der Waals surface area contributed by atoms with Crippen molar-refractivity contribution >= 4 is 0 Å². The number of halogens is 1. The lowest BCUT2D eigenvalue weighted by atomic mass is 10.0. The lowest BCUT2D eigenvalue weighted by molar-refractivity contribution is 0.385. The molecule has 0 aliphatic carbocycles. The van der Waals surface area contributed by atoms with E-state index in [1.54, 1.807) is 12.3 Å². The fourth-order valence-electron chi connectivity index (χ4n) is 2.02. The van der Waals surface area contributed by atoms with Gasteiger partial charge in [0.15, 0.2) is 11.6 Å². The molecule has 0 saturated heterocycles. The molecule has 0 bridgehead atoms. The van der Waals surface area contributed by atoms with Crippen LogP contribution in [-0.2, 0) is 0 Å². The summed E-state index contributed by atoms with van der Waals surface area (Å²) < 4.78 is 18.8.